The first kappa shape index (κ1) is 16.4. The van der Waals surface area contributed by atoms with Crippen LogP contribution in [0.15, 0.2) is 42.5 Å². The third kappa shape index (κ3) is 2.85. The van der Waals surface area contributed by atoms with E-state index in [1.165, 1.54) is 7.11 Å². The monoisotopic (exact) mass is 343 g/mol. The highest BCUT2D eigenvalue weighted by molar-refractivity contribution is 6.30. The number of halogens is 1. The Balaban J connectivity index is 2.23. The van der Waals surface area contributed by atoms with E-state index in [1.54, 1.807) is 7.11 Å². The Hall–Kier alpha value is -2.46. The fraction of sp³-hybridized carbons (Fsp3) is 0.211. The molecule has 5 heteroatoms. The van der Waals surface area contributed by atoms with Crippen LogP contribution in [0.5, 0.6) is 5.75 Å². The standard InChI is InChI=1S/C19H18ClNO3/c1-12-4-9-16-15(10-12)18(23-2)17(19(22)24-3)21(16)11-13-5-7-14(20)8-6-13/h4-10H,11H2,1-3H3. The van der Waals surface area contributed by atoms with E-state index in [1.807, 2.05) is 54.0 Å². The van der Waals surface area contributed by atoms with E-state index >= 15 is 0 Å². The highest BCUT2D eigenvalue weighted by atomic mass is 35.5. The second-order valence-electron chi connectivity index (χ2n) is 5.61. The number of hydrogen-bond donors (Lipinski definition) is 0. The first-order chi connectivity index (χ1) is 11.5. The molecule has 0 spiro atoms. The Morgan fingerprint density at radius 1 is 1.12 bits per heavy atom. The van der Waals surface area contributed by atoms with E-state index in [2.05, 4.69) is 0 Å². The highest BCUT2D eigenvalue weighted by Crippen LogP contribution is 2.35. The molecule has 0 fully saturated rings. The molecule has 0 aliphatic carbocycles. The summed E-state index contributed by atoms with van der Waals surface area (Å²) in [6, 6.07) is 13.6. The zero-order valence-corrected chi connectivity index (χ0v) is 14.6. The number of nitrogens with zero attached hydrogens (tertiary/aromatic N) is 1. The van der Waals surface area contributed by atoms with Crippen molar-refractivity contribution in [2.45, 2.75) is 13.5 Å². The SMILES string of the molecule is COC(=O)c1c(OC)c2cc(C)ccc2n1Cc1ccc(Cl)cc1. The van der Waals surface area contributed by atoms with Crippen LogP contribution < -0.4 is 4.74 Å². The average molecular weight is 344 g/mol. The predicted octanol–water partition coefficient (Wildman–Crippen LogP) is 4.45. The quantitative estimate of drug-likeness (QED) is 0.657. The number of rotatable bonds is 4. The molecule has 3 rings (SSSR count). The van der Waals surface area contributed by atoms with Gasteiger partial charge in [-0.2, -0.15) is 0 Å². The summed E-state index contributed by atoms with van der Waals surface area (Å²) >= 11 is 5.96. The second-order valence-corrected chi connectivity index (χ2v) is 6.04. The maximum absolute atomic E-state index is 12.4. The molecule has 3 aromatic rings. The summed E-state index contributed by atoms with van der Waals surface area (Å²) < 4.78 is 12.4. The minimum Gasteiger partial charge on any atom is -0.494 e. The highest BCUT2D eigenvalue weighted by Gasteiger charge is 2.24. The molecule has 0 amide bonds. The van der Waals surface area contributed by atoms with Crippen molar-refractivity contribution in [3.8, 4) is 5.75 Å². The number of methoxy groups -OCH3 is 2. The maximum atomic E-state index is 12.4. The smallest absolute Gasteiger partial charge is 0.358 e. The third-order valence-electron chi connectivity index (χ3n) is 4.01. The van der Waals surface area contributed by atoms with Crippen molar-refractivity contribution in [2.24, 2.45) is 0 Å². The summed E-state index contributed by atoms with van der Waals surface area (Å²) in [4.78, 5) is 12.4. The van der Waals surface area contributed by atoms with Crippen molar-refractivity contribution in [1.82, 2.24) is 4.57 Å². The van der Waals surface area contributed by atoms with E-state index < -0.39 is 5.97 Å². The van der Waals surface area contributed by atoms with Crippen molar-refractivity contribution in [3.05, 3.63) is 64.3 Å². The van der Waals surface area contributed by atoms with Crippen LogP contribution in [0.25, 0.3) is 10.9 Å². The Morgan fingerprint density at radius 2 is 1.83 bits per heavy atom. The number of carbonyl (C=O) groups excluding carboxylic acids is 1. The fourth-order valence-electron chi connectivity index (χ4n) is 2.88. The molecule has 124 valence electrons. The molecule has 2 aromatic carbocycles. The lowest BCUT2D eigenvalue weighted by Gasteiger charge is -2.10. The van der Waals surface area contributed by atoms with Gasteiger partial charge in [-0.15, -0.1) is 0 Å². The predicted molar refractivity (Wildman–Crippen MR) is 95.1 cm³/mol. The van der Waals surface area contributed by atoms with Crippen LogP contribution in [0.2, 0.25) is 5.02 Å². The fourth-order valence-corrected chi connectivity index (χ4v) is 3.01. The molecular weight excluding hydrogens is 326 g/mol. The molecule has 0 atom stereocenters. The summed E-state index contributed by atoms with van der Waals surface area (Å²) in [6.45, 7) is 2.53. The van der Waals surface area contributed by atoms with Gasteiger partial charge in [-0.3, -0.25) is 0 Å². The minimum absolute atomic E-state index is 0.413. The topological polar surface area (TPSA) is 40.5 Å². The molecule has 0 bridgehead atoms. The zero-order valence-electron chi connectivity index (χ0n) is 13.8. The maximum Gasteiger partial charge on any atom is 0.358 e. The van der Waals surface area contributed by atoms with Crippen molar-refractivity contribution in [3.63, 3.8) is 0 Å². The van der Waals surface area contributed by atoms with Gasteiger partial charge in [0, 0.05) is 17.0 Å². The molecule has 24 heavy (non-hydrogen) atoms. The summed E-state index contributed by atoms with van der Waals surface area (Å²) in [6.07, 6.45) is 0. The number of aryl methyl sites for hydroxylation is 1. The van der Waals surface area contributed by atoms with Gasteiger partial charge < -0.3 is 14.0 Å². The van der Waals surface area contributed by atoms with E-state index in [4.69, 9.17) is 21.1 Å². The van der Waals surface area contributed by atoms with Crippen molar-refractivity contribution < 1.29 is 14.3 Å². The van der Waals surface area contributed by atoms with Gasteiger partial charge in [-0.05, 0) is 36.8 Å². The minimum atomic E-state index is -0.422. The molecule has 0 aliphatic rings. The number of benzene rings is 2. The van der Waals surface area contributed by atoms with Gasteiger partial charge in [0.25, 0.3) is 0 Å². The number of esters is 1. The number of carbonyl (C=O) groups is 1. The van der Waals surface area contributed by atoms with Crippen molar-refractivity contribution in [2.75, 3.05) is 14.2 Å². The molecule has 0 aliphatic heterocycles. The molecule has 0 saturated carbocycles. The normalized spacial score (nSPS) is 10.8. The molecular formula is C19H18ClNO3. The lowest BCUT2D eigenvalue weighted by molar-refractivity contribution is 0.0585. The van der Waals surface area contributed by atoms with Crippen LogP contribution >= 0.6 is 11.6 Å². The van der Waals surface area contributed by atoms with Crippen LogP contribution in [0.4, 0.5) is 0 Å². The summed E-state index contributed by atoms with van der Waals surface area (Å²) in [5, 5.41) is 1.57. The molecule has 1 heterocycles. The van der Waals surface area contributed by atoms with Gasteiger partial charge in [0.1, 0.15) is 0 Å². The van der Waals surface area contributed by atoms with Crippen LogP contribution in [0.3, 0.4) is 0 Å². The second kappa shape index (κ2) is 6.57. The van der Waals surface area contributed by atoms with Gasteiger partial charge in [-0.25, -0.2) is 4.79 Å². The molecule has 0 saturated heterocycles. The van der Waals surface area contributed by atoms with Gasteiger partial charge >= 0.3 is 5.97 Å². The zero-order chi connectivity index (χ0) is 17.3. The summed E-state index contributed by atoms with van der Waals surface area (Å²) in [5.41, 5.74) is 3.47. The number of aromatic nitrogens is 1. The van der Waals surface area contributed by atoms with Gasteiger partial charge in [0.2, 0.25) is 0 Å². The van der Waals surface area contributed by atoms with E-state index in [0.29, 0.717) is 23.0 Å². The summed E-state index contributed by atoms with van der Waals surface area (Å²) in [7, 11) is 2.94. The van der Waals surface area contributed by atoms with Gasteiger partial charge in [0.05, 0.1) is 19.7 Å². The Morgan fingerprint density at radius 3 is 2.46 bits per heavy atom. The van der Waals surface area contributed by atoms with E-state index in [0.717, 1.165) is 22.0 Å². The summed E-state index contributed by atoms with van der Waals surface area (Å²) in [5.74, 6) is 0.115. The first-order valence-corrected chi connectivity index (χ1v) is 7.92. The van der Waals surface area contributed by atoms with E-state index in [-0.39, 0.29) is 0 Å². The van der Waals surface area contributed by atoms with E-state index in [9.17, 15) is 4.79 Å². The molecule has 1 aromatic heterocycles. The number of fused-ring (bicyclic) bond motifs is 1. The Bertz CT molecular complexity index is 897. The Labute approximate surface area is 145 Å². The Kier molecular flexibility index (Phi) is 4.49. The molecule has 0 N–H and O–H groups in total. The molecule has 4 nitrogen and oxygen atoms in total. The third-order valence-corrected chi connectivity index (χ3v) is 4.26. The molecule has 0 unspecified atom stereocenters. The van der Waals surface area contributed by atoms with Crippen LogP contribution in [0, 0.1) is 6.92 Å². The lowest BCUT2D eigenvalue weighted by Crippen LogP contribution is -2.12. The largest absolute Gasteiger partial charge is 0.494 e. The van der Waals surface area contributed by atoms with Crippen molar-refractivity contribution in [1.29, 1.82) is 0 Å². The average Bonchev–Trinajstić information content (AvgIpc) is 2.88. The van der Waals surface area contributed by atoms with Crippen molar-refractivity contribution >= 4 is 28.5 Å². The van der Waals surface area contributed by atoms with Crippen LogP contribution in [0.1, 0.15) is 21.6 Å². The van der Waals surface area contributed by atoms with Gasteiger partial charge in [0.15, 0.2) is 11.4 Å². The lowest BCUT2D eigenvalue weighted by atomic mass is 10.1. The van der Waals surface area contributed by atoms with Crippen LogP contribution in [-0.4, -0.2) is 24.8 Å². The first-order valence-electron chi connectivity index (χ1n) is 7.54. The number of ether oxygens (including phenoxy) is 2. The molecule has 0 radical (unpaired) electrons. The number of hydrogen-bond acceptors (Lipinski definition) is 3. The van der Waals surface area contributed by atoms with Gasteiger partial charge in [-0.1, -0.05) is 35.4 Å². The van der Waals surface area contributed by atoms with Crippen LogP contribution in [-0.2, 0) is 11.3 Å².